The molecule has 1 heterocycles. The molecule has 13 heavy (non-hydrogen) atoms. The highest BCUT2D eigenvalue weighted by atomic mass is 35.5. The summed E-state index contributed by atoms with van der Waals surface area (Å²) in [5.74, 6) is 0.0475. The number of hydrogen-bond donors (Lipinski definition) is 1. The van der Waals surface area contributed by atoms with Crippen molar-refractivity contribution in [2.75, 3.05) is 5.73 Å². The predicted octanol–water partition coefficient (Wildman–Crippen LogP) is 2.65. The van der Waals surface area contributed by atoms with Crippen molar-refractivity contribution in [3.63, 3.8) is 0 Å². The Hall–Kier alpha value is -0.900. The van der Waals surface area contributed by atoms with Gasteiger partial charge in [-0.25, -0.2) is 8.78 Å². The van der Waals surface area contributed by atoms with Crippen molar-refractivity contribution < 1.29 is 8.78 Å². The molecule has 0 saturated heterocycles. The molecule has 2 nitrogen and oxygen atoms in total. The first kappa shape index (κ1) is 10.2. The number of aromatic nitrogens is 1. The number of hydrogen-bond acceptors (Lipinski definition) is 2. The molecule has 0 aliphatic heterocycles. The van der Waals surface area contributed by atoms with E-state index in [1.165, 1.54) is 6.20 Å². The first-order valence-corrected chi connectivity index (χ1v) is 4.19. The van der Waals surface area contributed by atoms with Gasteiger partial charge in [0.25, 0.3) is 6.43 Å². The summed E-state index contributed by atoms with van der Waals surface area (Å²) < 4.78 is 24.9. The van der Waals surface area contributed by atoms with E-state index in [-0.39, 0.29) is 17.1 Å². The van der Waals surface area contributed by atoms with Crippen molar-refractivity contribution in [3.05, 3.63) is 23.0 Å². The number of nitrogens with zero attached hydrogens (tertiary/aromatic N) is 1. The molecule has 0 saturated carbocycles. The zero-order valence-corrected chi connectivity index (χ0v) is 7.78. The van der Waals surface area contributed by atoms with E-state index in [1.54, 1.807) is 6.92 Å². The highest BCUT2D eigenvalue weighted by molar-refractivity contribution is 6.17. The normalized spacial score (nSPS) is 10.8. The van der Waals surface area contributed by atoms with Crippen LogP contribution in [0.3, 0.4) is 0 Å². The van der Waals surface area contributed by atoms with Crippen molar-refractivity contribution in [2.24, 2.45) is 0 Å². The number of aryl methyl sites for hydroxylation is 1. The molecule has 1 aromatic heterocycles. The van der Waals surface area contributed by atoms with Crippen molar-refractivity contribution in [1.82, 2.24) is 4.98 Å². The second-order valence-electron chi connectivity index (χ2n) is 2.65. The molecule has 0 radical (unpaired) electrons. The van der Waals surface area contributed by atoms with Gasteiger partial charge in [-0.15, -0.1) is 11.6 Å². The summed E-state index contributed by atoms with van der Waals surface area (Å²) in [5, 5.41) is 0. The molecule has 0 fully saturated rings. The lowest BCUT2D eigenvalue weighted by Crippen LogP contribution is -2.04. The molecule has 0 bridgehead atoms. The minimum absolute atomic E-state index is 0.00463. The number of nitrogens with two attached hydrogens (primary N) is 1. The Morgan fingerprint density at radius 1 is 1.62 bits per heavy atom. The monoisotopic (exact) mass is 206 g/mol. The van der Waals surface area contributed by atoms with Gasteiger partial charge in [0.2, 0.25) is 0 Å². The van der Waals surface area contributed by atoms with Crippen molar-refractivity contribution >= 4 is 17.3 Å². The SMILES string of the molecule is Cc1cnc(CCl)c(N)c1C(F)F. The fourth-order valence-electron chi connectivity index (χ4n) is 1.08. The Morgan fingerprint density at radius 3 is 2.69 bits per heavy atom. The van der Waals surface area contributed by atoms with Gasteiger partial charge in [0.15, 0.2) is 0 Å². The van der Waals surface area contributed by atoms with Crippen LogP contribution in [0, 0.1) is 6.92 Å². The van der Waals surface area contributed by atoms with Gasteiger partial charge in [-0.2, -0.15) is 0 Å². The minimum Gasteiger partial charge on any atom is -0.397 e. The number of nitrogen functional groups attached to an aromatic ring is 1. The van der Waals surface area contributed by atoms with Crippen LogP contribution in [0.15, 0.2) is 6.20 Å². The van der Waals surface area contributed by atoms with Crippen LogP contribution in [0.5, 0.6) is 0 Å². The third-order valence-corrected chi connectivity index (χ3v) is 2.04. The van der Waals surface area contributed by atoms with Gasteiger partial charge >= 0.3 is 0 Å². The van der Waals surface area contributed by atoms with E-state index in [0.29, 0.717) is 11.3 Å². The molecule has 5 heteroatoms. The Kier molecular flexibility index (Phi) is 3.03. The van der Waals surface area contributed by atoms with Crippen molar-refractivity contribution in [3.8, 4) is 0 Å². The summed E-state index contributed by atoms with van der Waals surface area (Å²) in [7, 11) is 0. The fraction of sp³-hybridized carbons (Fsp3) is 0.375. The molecule has 1 aromatic rings. The van der Waals surface area contributed by atoms with Gasteiger partial charge in [0.05, 0.1) is 17.3 Å². The fourth-order valence-corrected chi connectivity index (χ4v) is 1.29. The van der Waals surface area contributed by atoms with Crippen LogP contribution < -0.4 is 5.73 Å². The van der Waals surface area contributed by atoms with Crippen LogP contribution >= 0.6 is 11.6 Å². The van der Waals surface area contributed by atoms with Crippen LogP contribution in [-0.4, -0.2) is 4.98 Å². The summed E-state index contributed by atoms with van der Waals surface area (Å²) in [6.45, 7) is 1.54. The minimum atomic E-state index is -2.58. The average Bonchev–Trinajstić information content (AvgIpc) is 2.04. The van der Waals surface area contributed by atoms with Gasteiger partial charge in [-0.1, -0.05) is 0 Å². The van der Waals surface area contributed by atoms with Gasteiger partial charge in [-0.3, -0.25) is 4.98 Å². The molecule has 0 aliphatic rings. The number of rotatable bonds is 2. The lowest BCUT2D eigenvalue weighted by atomic mass is 10.1. The zero-order valence-electron chi connectivity index (χ0n) is 7.02. The molecule has 72 valence electrons. The molecular formula is C8H9ClF2N2. The number of halogens is 3. The Bertz CT molecular complexity index is 315. The second-order valence-corrected chi connectivity index (χ2v) is 2.92. The first-order chi connectivity index (χ1) is 6.07. The molecule has 0 spiro atoms. The summed E-state index contributed by atoms with van der Waals surface area (Å²) in [4.78, 5) is 3.85. The molecule has 2 N–H and O–H groups in total. The van der Waals surface area contributed by atoms with E-state index in [2.05, 4.69) is 4.98 Å². The Morgan fingerprint density at radius 2 is 2.23 bits per heavy atom. The first-order valence-electron chi connectivity index (χ1n) is 3.66. The molecule has 0 atom stereocenters. The third kappa shape index (κ3) is 1.88. The highest BCUT2D eigenvalue weighted by Gasteiger charge is 2.17. The average molecular weight is 207 g/mol. The van der Waals surface area contributed by atoms with Crippen molar-refractivity contribution in [1.29, 1.82) is 0 Å². The zero-order chi connectivity index (χ0) is 10.0. The number of alkyl halides is 3. The topological polar surface area (TPSA) is 38.9 Å². The lowest BCUT2D eigenvalue weighted by Gasteiger charge is -2.10. The molecule has 0 aromatic carbocycles. The Labute approximate surface area is 79.7 Å². The molecular weight excluding hydrogens is 198 g/mol. The van der Waals surface area contributed by atoms with E-state index in [4.69, 9.17) is 17.3 Å². The van der Waals surface area contributed by atoms with Gasteiger partial charge < -0.3 is 5.73 Å². The van der Waals surface area contributed by atoms with Crippen LogP contribution in [0.25, 0.3) is 0 Å². The highest BCUT2D eigenvalue weighted by Crippen LogP contribution is 2.30. The lowest BCUT2D eigenvalue weighted by molar-refractivity contribution is 0.151. The van der Waals surface area contributed by atoms with Gasteiger partial charge in [-0.05, 0) is 12.5 Å². The largest absolute Gasteiger partial charge is 0.397 e. The van der Waals surface area contributed by atoms with Crippen molar-refractivity contribution in [2.45, 2.75) is 19.2 Å². The summed E-state index contributed by atoms with van der Waals surface area (Å²) in [5.41, 5.74) is 6.01. The quantitative estimate of drug-likeness (QED) is 0.756. The predicted molar refractivity (Wildman–Crippen MR) is 47.9 cm³/mol. The smallest absolute Gasteiger partial charge is 0.266 e. The van der Waals surface area contributed by atoms with Gasteiger partial charge in [0, 0.05) is 11.8 Å². The maximum absolute atomic E-state index is 12.5. The van der Waals surface area contributed by atoms with Crippen LogP contribution in [0.4, 0.5) is 14.5 Å². The number of pyridine rings is 1. The van der Waals surface area contributed by atoms with E-state index in [1.807, 2.05) is 0 Å². The molecule has 0 aliphatic carbocycles. The van der Waals surface area contributed by atoms with Crippen LogP contribution in [0.2, 0.25) is 0 Å². The van der Waals surface area contributed by atoms with Crippen LogP contribution in [-0.2, 0) is 5.88 Å². The molecule has 0 amide bonds. The van der Waals surface area contributed by atoms with Crippen LogP contribution in [0.1, 0.15) is 23.2 Å². The summed E-state index contributed by atoms with van der Waals surface area (Å²) in [6.07, 6.45) is -1.22. The summed E-state index contributed by atoms with van der Waals surface area (Å²) >= 11 is 5.47. The van der Waals surface area contributed by atoms with E-state index in [9.17, 15) is 8.78 Å². The number of anilines is 1. The standard InChI is InChI=1S/C8H9ClF2N2/c1-4-3-13-5(2-9)7(12)6(4)8(10)11/h3,8H,2,12H2,1H3. The van der Waals surface area contributed by atoms with Gasteiger partial charge in [0.1, 0.15) is 0 Å². The van der Waals surface area contributed by atoms with E-state index < -0.39 is 6.43 Å². The second kappa shape index (κ2) is 3.87. The molecule has 1 rings (SSSR count). The summed E-state index contributed by atoms with van der Waals surface area (Å²) in [6, 6.07) is 0. The van der Waals surface area contributed by atoms with E-state index >= 15 is 0 Å². The Balaban J connectivity index is 3.30. The molecule has 0 unspecified atom stereocenters. The maximum atomic E-state index is 12.5. The third-order valence-electron chi connectivity index (χ3n) is 1.78. The van der Waals surface area contributed by atoms with E-state index in [0.717, 1.165) is 0 Å². The maximum Gasteiger partial charge on any atom is 0.266 e.